The van der Waals surface area contributed by atoms with Crippen LogP contribution in [0.4, 0.5) is 15.8 Å². The van der Waals surface area contributed by atoms with E-state index in [4.69, 9.17) is 9.47 Å². The van der Waals surface area contributed by atoms with Crippen LogP contribution in [0.15, 0.2) is 60.9 Å². The van der Waals surface area contributed by atoms with Gasteiger partial charge in [0.1, 0.15) is 5.82 Å². The molecule has 3 rings (SSSR count). The molecular weight excluding hydrogens is 361 g/mol. The van der Waals surface area contributed by atoms with Gasteiger partial charge in [-0.2, -0.15) is 0 Å². The van der Waals surface area contributed by atoms with Gasteiger partial charge in [0.2, 0.25) is 0 Å². The van der Waals surface area contributed by atoms with Crippen LogP contribution in [0.1, 0.15) is 15.9 Å². The summed E-state index contributed by atoms with van der Waals surface area (Å²) in [6.07, 6.45) is 2.98. The van der Waals surface area contributed by atoms with Crippen molar-refractivity contribution >= 4 is 17.3 Å². The van der Waals surface area contributed by atoms with E-state index in [0.717, 1.165) is 5.56 Å². The summed E-state index contributed by atoms with van der Waals surface area (Å²) in [5, 5.41) is 5.75. The monoisotopic (exact) mass is 381 g/mol. The highest BCUT2D eigenvalue weighted by molar-refractivity contribution is 5.94. The molecule has 0 unspecified atom stereocenters. The molecule has 1 aromatic heterocycles. The number of carbonyl (C=O) groups is 1. The first-order valence-electron chi connectivity index (χ1n) is 8.56. The molecule has 0 radical (unpaired) electrons. The van der Waals surface area contributed by atoms with Crippen LogP contribution >= 0.6 is 0 Å². The van der Waals surface area contributed by atoms with E-state index in [1.807, 2.05) is 6.07 Å². The number of nitrogens with one attached hydrogen (secondary N) is 2. The summed E-state index contributed by atoms with van der Waals surface area (Å²) in [7, 11) is 3.12. The number of ether oxygens (including phenoxy) is 2. The molecule has 2 N–H and O–H groups in total. The van der Waals surface area contributed by atoms with E-state index in [9.17, 15) is 9.18 Å². The predicted molar refractivity (Wildman–Crippen MR) is 105 cm³/mol. The molecule has 0 aliphatic carbocycles. The average molecular weight is 381 g/mol. The number of hydrogen-bond acceptors (Lipinski definition) is 5. The number of hydrogen-bond donors (Lipinski definition) is 2. The Kier molecular flexibility index (Phi) is 6.06. The highest BCUT2D eigenvalue weighted by Crippen LogP contribution is 2.27. The second-order valence-corrected chi connectivity index (χ2v) is 5.94. The molecule has 0 aliphatic heterocycles. The SMILES string of the molecule is COc1ccc(CNC(=O)c2cncc(Nc3ccccc3F)c2)cc1OC. The second kappa shape index (κ2) is 8.85. The number of benzene rings is 2. The Labute approximate surface area is 162 Å². The maximum absolute atomic E-state index is 13.8. The number of pyridine rings is 1. The van der Waals surface area contributed by atoms with Gasteiger partial charge in [0.05, 0.1) is 37.4 Å². The van der Waals surface area contributed by atoms with E-state index < -0.39 is 0 Å². The minimum atomic E-state index is -0.384. The lowest BCUT2D eigenvalue weighted by molar-refractivity contribution is 0.0950. The molecule has 0 saturated carbocycles. The van der Waals surface area contributed by atoms with Crippen LogP contribution in [0.3, 0.4) is 0 Å². The molecule has 0 atom stereocenters. The number of amides is 1. The van der Waals surface area contributed by atoms with Crippen LogP contribution in [0.5, 0.6) is 11.5 Å². The summed E-state index contributed by atoms with van der Waals surface area (Å²) in [5.74, 6) is 0.533. The predicted octanol–water partition coefficient (Wildman–Crippen LogP) is 3.91. The molecule has 6 nitrogen and oxygen atoms in total. The molecule has 28 heavy (non-hydrogen) atoms. The maximum atomic E-state index is 13.8. The fraction of sp³-hybridized carbons (Fsp3) is 0.143. The number of carbonyl (C=O) groups excluding carboxylic acids is 1. The van der Waals surface area contributed by atoms with Gasteiger partial charge in [-0.3, -0.25) is 9.78 Å². The van der Waals surface area contributed by atoms with Gasteiger partial charge in [-0.15, -0.1) is 0 Å². The van der Waals surface area contributed by atoms with E-state index in [2.05, 4.69) is 15.6 Å². The van der Waals surface area contributed by atoms with E-state index in [-0.39, 0.29) is 11.7 Å². The number of halogens is 1. The number of anilines is 2. The zero-order valence-electron chi connectivity index (χ0n) is 15.5. The number of para-hydroxylation sites is 1. The zero-order valence-corrected chi connectivity index (χ0v) is 15.5. The van der Waals surface area contributed by atoms with Crippen molar-refractivity contribution in [1.29, 1.82) is 0 Å². The molecule has 3 aromatic rings. The Morgan fingerprint density at radius 3 is 2.57 bits per heavy atom. The highest BCUT2D eigenvalue weighted by Gasteiger charge is 2.10. The number of nitrogens with zero attached hydrogens (tertiary/aromatic N) is 1. The number of rotatable bonds is 7. The summed E-state index contributed by atoms with van der Waals surface area (Å²) < 4.78 is 24.2. The summed E-state index contributed by atoms with van der Waals surface area (Å²) in [6.45, 7) is 0.310. The average Bonchev–Trinajstić information content (AvgIpc) is 2.73. The van der Waals surface area contributed by atoms with E-state index in [1.165, 1.54) is 18.5 Å². The minimum Gasteiger partial charge on any atom is -0.493 e. The first kappa shape index (κ1) is 19.2. The third kappa shape index (κ3) is 4.56. The van der Waals surface area contributed by atoms with Gasteiger partial charge in [0, 0.05) is 12.7 Å². The fourth-order valence-electron chi connectivity index (χ4n) is 2.63. The Bertz CT molecular complexity index is 979. The first-order chi connectivity index (χ1) is 13.6. The standard InChI is InChI=1S/C21H20FN3O3/c1-27-19-8-7-14(9-20(19)28-2)11-24-21(26)15-10-16(13-23-12-15)25-18-6-4-3-5-17(18)22/h3-10,12-13,25H,11H2,1-2H3,(H,24,26). The van der Waals surface area contributed by atoms with Crippen molar-refractivity contribution in [3.63, 3.8) is 0 Å². The van der Waals surface area contributed by atoms with Gasteiger partial charge in [-0.05, 0) is 35.9 Å². The molecule has 144 valence electrons. The molecule has 2 aromatic carbocycles. The largest absolute Gasteiger partial charge is 0.493 e. The molecule has 1 heterocycles. The van der Waals surface area contributed by atoms with Gasteiger partial charge in [0.15, 0.2) is 11.5 Å². The van der Waals surface area contributed by atoms with Crippen molar-refractivity contribution in [2.24, 2.45) is 0 Å². The fourth-order valence-corrected chi connectivity index (χ4v) is 2.63. The normalized spacial score (nSPS) is 10.2. The molecule has 0 spiro atoms. The molecule has 7 heteroatoms. The van der Waals surface area contributed by atoms with Crippen LogP contribution in [0, 0.1) is 5.82 Å². The van der Waals surface area contributed by atoms with Crippen LogP contribution < -0.4 is 20.1 Å². The Balaban J connectivity index is 1.67. The minimum absolute atomic E-state index is 0.292. The van der Waals surface area contributed by atoms with Crippen LogP contribution in [0.25, 0.3) is 0 Å². The third-order valence-corrected chi connectivity index (χ3v) is 4.05. The lowest BCUT2D eigenvalue weighted by atomic mass is 10.2. The van der Waals surface area contributed by atoms with Gasteiger partial charge in [0.25, 0.3) is 5.91 Å². The molecule has 1 amide bonds. The van der Waals surface area contributed by atoms with Crippen LogP contribution in [0.2, 0.25) is 0 Å². The summed E-state index contributed by atoms with van der Waals surface area (Å²) in [5.41, 5.74) is 2.05. The van der Waals surface area contributed by atoms with Gasteiger partial charge in [-0.1, -0.05) is 18.2 Å². The van der Waals surface area contributed by atoms with Crippen molar-refractivity contribution in [2.75, 3.05) is 19.5 Å². The molecular formula is C21H20FN3O3. The van der Waals surface area contributed by atoms with Gasteiger partial charge >= 0.3 is 0 Å². The zero-order chi connectivity index (χ0) is 19.9. The van der Waals surface area contributed by atoms with Crippen molar-refractivity contribution < 1.29 is 18.7 Å². The lowest BCUT2D eigenvalue weighted by Gasteiger charge is -2.11. The lowest BCUT2D eigenvalue weighted by Crippen LogP contribution is -2.23. The van der Waals surface area contributed by atoms with Crippen molar-refractivity contribution in [3.05, 3.63) is 77.9 Å². The second-order valence-electron chi connectivity index (χ2n) is 5.94. The van der Waals surface area contributed by atoms with E-state index in [1.54, 1.807) is 50.6 Å². The van der Waals surface area contributed by atoms with E-state index in [0.29, 0.717) is 35.0 Å². The molecule has 0 bridgehead atoms. The topological polar surface area (TPSA) is 72.5 Å². The third-order valence-electron chi connectivity index (χ3n) is 4.05. The van der Waals surface area contributed by atoms with Gasteiger partial charge < -0.3 is 20.1 Å². The number of methoxy groups -OCH3 is 2. The Morgan fingerprint density at radius 1 is 1.04 bits per heavy atom. The van der Waals surface area contributed by atoms with Crippen LogP contribution in [-0.2, 0) is 6.54 Å². The van der Waals surface area contributed by atoms with Crippen molar-refractivity contribution in [2.45, 2.75) is 6.54 Å². The Morgan fingerprint density at radius 2 is 1.82 bits per heavy atom. The quantitative estimate of drug-likeness (QED) is 0.649. The van der Waals surface area contributed by atoms with Crippen LogP contribution in [-0.4, -0.2) is 25.1 Å². The molecule has 0 saturated heterocycles. The van der Waals surface area contributed by atoms with Crippen molar-refractivity contribution in [1.82, 2.24) is 10.3 Å². The van der Waals surface area contributed by atoms with E-state index >= 15 is 0 Å². The summed E-state index contributed by atoms with van der Waals surface area (Å²) in [4.78, 5) is 16.5. The highest BCUT2D eigenvalue weighted by atomic mass is 19.1. The maximum Gasteiger partial charge on any atom is 0.253 e. The molecule has 0 fully saturated rings. The first-order valence-corrected chi connectivity index (χ1v) is 8.56. The molecule has 0 aliphatic rings. The summed E-state index contributed by atoms with van der Waals surface area (Å²) >= 11 is 0. The Hall–Kier alpha value is -3.61. The van der Waals surface area contributed by atoms with Gasteiger partial charge in [-0.25, -0.2) is 4.39 Å². The van der Waals surface area contributed by atoms with Crippen molar-refractivity contribution in [3.8, 4) is 11.5 Å². The summed E-state index contributed by atoms with van der Waals surface area (Å²) in [6, 6.07) is 13.3. The number of aromatic nitrogens is 1. The smallest absolute Gasteiger partial charge is 0.253 e.